The van der Waals surface area contributed by atoms with Gasteiger partial charge in [-0.15, -0.1) is 0 Å². The molecule has 1 aromatic heterocycles. The quantitative estimate of drug-likeness (QED) is 0.897. The van der Waals surface area contributed by atoms with Crippen molar-refractivity contribution in [3.05, 3.63) is 36.2 Å². The molecular weight excluding hydrogens is 252 g/mol. The fourth-order valence-corrected chi connectivity index (χ4v) is 1.55. The Balaban J connectivity index is 1.85. The van der Waals surface area contributed by atoms with Crippen LogP contribution in [0.15, 0.2) is 30.5 Å². The highest BCUT2D eigenvalue weighted by molar-refractivity contribution is 5.85. The highest BCUT2D eigenvalue weighted by Gasteiger charge is 2.15. The van der Waals surface area contributed by atoms with Gasteiger partial charge in [-0.3, -0.25) is 0 Å². The minimum absolute atomic E-state index is 0.0428. The van der Waals surface area contributed by atoms with E-state index in [0.29, 0.717) is 17.2 Å². The molecule has 2 aromatic rings. The van der Waals surface area contributed by atoms with E-state index in [1.165, 1.54) is 12.3 Å². The summed E-state index contributed by atoms with van der Waals surface area (Å²) in [5.74, 6) is 0.490. The number of carboxylic acid groups (broad SMARTS) is 1. The number of rotatable bonds is 3. The molecule has 3 rings (SSSR count). The van der Waals surface area contributed by atoms with Crippen LogP contribution < -0.4 is 14.2 Å². The van der Waals surface area contributed by atoms with Gasteiger partial charge in [-0.05, 0) is 18.2 Å². The largest absolute Gasteiger partial charge is 0.477 e. The maximum absolute atomic E-state index is 10.8. The summed E-state index contributed by atoms with van der Waals surface area (Å²) in [5, 5.41) is 8.82. The molecular formula is C12H8N2O5. The third kappa shape index (κ3) is 2.25. The average Bonchev–Trinajstić information content (AvgIpc) is 2.86. The summed E-state index contributed by atoms with van der Waals surface area (Å²) in [4.78, 5) is 18.4. The van der Waals surface area contributed by atoms with Gasteiger partial charge in [-0.25, -0.2) is 9.78 Å². The fraction of sp³-hybridized carbons (Fsp3) is 0.0833. The highest BCUT2D eigenvalue weighted by atomic mass is 16.7. The Morgan fingerprint density at radius 2 is 2.11 bits per heavy atom. The second-order valence-corrected chi connectivity index (χ2v) is 3.65. The van der Waals surface area contributed by atoms with E-state index in [2.05, 4.69) is 9.97 Å². The lowest BCUT2D eigenvalue weighted by molar-refractivity contribution is 0.0689. The molecule has 0 bridgehead atoms. The zero-order valence-electron chi connectivity index (χ0n) is 9.57. The van der Waals surface area contributed by atoms with Crippen molar-refractivity contribution in [2.45, 2.75) is 0 Å². The van der Waals surface area contributed by atoms with Gasteiger partial charge in [0.05, 0.1) is 0 Å². The Labute approximate surface area is 107 Å². The van der Waals surface area contributed by atoms with Gasteiger partial charge in [0.1, 0.15) is 5.75 Å². The summed E-state index contributed by atoms with van der Waals surface area (Å²) in [6, 6.07) is 6.22. The molecule has 0 atom stereocenters. The van der Waals surface area contributed by atoms with Crippen LogP contribution in [0.5, 0.6) is 23.3 Å². The summed E-state index contributed by atoms with van der Waals surface area (Å²) >= 11 is 0. The normalized spacial score (nSPS) is 12.2. The molecule has 0 saturated heterocycles. The summed E-state index contributed by atoms with van der Waals surface area (Å²) in [6.45, 7) is 0.170. The van der Waals surface area contributed by atoms with Crippen LogP contribution in [-0.2, 0) is 0 Å². The maximum Gasteiger partial charge on any atom is 0.354 e. The number of ether oxygens (including phenoxy) is 3. The first kappa shape index (κ1) is 11.3. The first-order chi connectivity index (χ1) is 9.22. The van der Waals surface area contributed by atoms with E-state index in [1.807, 2.05) is 0 Å². The van der Waals surface area contributed by atoms with Crippen molar-refractivity contribution in [3.63, 3.8) is 0 Å². The number of aromatic nitrogens is 2. The van der Waals surface area contributed by atoms with E-state index < -0.39 is 5.97 Å². The van der Waals surface area contributed by atoms with Crippen LogP contribution in [0.4, 0.5) is 0 Å². The van der Waals surface area contributed by atoms with Crippen molar-refractivity contribution in [1.29, 1.82) is 0 Å². The molecule has 0 unspecified atom stereocenters. The first-order valence-corrected chi connectivity index (χ1v) is 5.36. The Morgan fingerprint density at radius 3 is 2.95 bits per heavy atom. The minimum Gasteiger partial charge on any atom is -0.477 e. The van der Waals surface area contributed by atoms with Crippen molar-refractivity contribution < 1.29 is 24.1 Å². The number of hydrogen-bond acceptors (Lipinski definition) is 6. The van der Waals surface area contributed by atoms with Gasteiger partial charge in [-0.1, -0.05) is 0 Å². The molecule has 0 aliphatic carbocycles. The van der Waals surface area contributed by atoms with E-state index in [1.54, 1.807) is 18.2 Å². The zero-order chi connectivity index (χ0) is 13.2. The zero-order valence-corrected chi connectivity index (χ0v) is 9.57. The third-order valence-corrected chi connectivity index (χ3v) is 2.41. The molecule has 1 aliphatic rings. The number of aromatic carboxylic acids is 1. The van der Waals surface area contributed by atoms with Gasteiger partial charge in [-0.2, -0.15) is 4.98 Å². The molecule has 0 saturated carbocycles. The van der Waals surface area contributed by atoms with Crippen LogP contribution in [-0.4, -0.2) is 27.8 Å². The third-order valence-electron chi connectivity index (χ3n) is 2.41. The molecule has 0 spiro atoms. The maximum atomic E-state index is 10.8. The molecule has 7 heteroatoms. The number of nitrogens with zero attached hydrogens (tertiary/aromatic N) is 2. The topological polar surface area (TPSA) is 90.8 Å². The molecule has 0 radical (unpaired) electrons. The van der Waals surface area contributed by atoms with Crippen LogP contribution >= 0.6 is 0 Å². The Hall–Kier alpha value is -2.83. The molecule has 0 fully saturated rings. The van der Waals surface area contributed by atoms with Crippen molar-refractivity contribution in [2.75, 3.05) is 6.79 Å². The summed E-state index contributed by atoms with van der Waals surface area (Å²) in [7, 11) is 0. The second kappa shape index (κ2) is 4.45. The lowest BCUT2D eigenvalue weighted by atomic mass is 10.3. The van der Waals surface area contributed by atoms with Crippen LogP contribution in [0.25, 0.3) is 0 Å². The number of benzene rings is 1. The monoisotopic (exact) mass is 260 g/mol. The predicted molar refractivity (Wildman–Crippen MR) is 61.6 cm³/mol. The summed E-state index contributed by atoms with van der Waals surface area (Å²) in [6.07, 6.45) is 1.32. The van der Waals surface area contributed by atoms with E-state index in [0.717, 1.165) is 0 Å². The van der Waals surface area contributed by atoms with Crippen LogP contribution in [0, 0.1) is 0 Å². The number of hydrogen-bond donors (Lipinski definition) is 1. The second-order valence-electron chi connectivity index (χ2n) is 3.65. The first-order valence-electron chi connectivity index (χ1n) is 5.36. The van der Waals surface area contributed by atoms with Gasteiger partial charge in [0.2, 0.25) is 6.79 Å². The lowest BCUT2D eigenvalue weighted by Gasteiger charge is -2.04. The highest BCUT2D eigenvalue weighted by Crippen LogP contribution is 2.35. The molecule has 19 heavy (non-hydrogen) atoms. The van der Waals surface area contributed by atoms with Gasteiger partial charge < -0.3 is 19.3 Å². The fourth-order valence-electron chi connectivity index (χ4n) is 1.55. The van der Waals surface area contributed by atoms with E-state index in [4.69, 9.17) is 19.3 Å². The Kier molecular flexibility index (Phi) is 2.64. The smallest absolute Gasteiger partial charge is 0.354 e. The molecule has 1 N–H and O–H groups in total. The summed E-state index contributed by atoms with van der Waals surface area (Å²) in [5.41, 5.74) is -0.134. The molecule has 96 valence electrons. The van der Waals surface area contributed by atoms with E-state index in [-0.39, 0.29) is 18.5 Å². The van der Waals surface area contributed by atoms with Gasteiger partial charge in [0.15, 0.2) is 17.2 Å². The molecule has 7 nitrogen and oxygen atoms in total. The van der Waals surface area contributed by atoms with Crippen molar-refractivity contribution in [2.24, 2.45) is 0 Å². The molecule has 1 aromatic carbocycles. The van der Waals surface area contributed by atoms with Gasteiger partial charge >= 0.3 is 12.0 Å². The molecule has 0 amide bonds. The van der Waals surface area contributed by atoms with Gasteiger partial charge in [0.25, 0.3) is 0 Å². The number of carbonyl (C=O) groups is 1. The lowest BCUT2D eigenvalue weighted by Crippen LogP contribution is -2.02. The minimum atomic E-state index is -1.14. The van der Waals surface area contributed by atoms with Crippen LogP contribution in [0.1, 0.15) is 10.5 Å². The Bertz CT molecular complexity index is 644. The van der Waals surface area contributed by atoms with Crippen LogP contribution in [0.2, 0.25) is 0 Å². The van der Waals surface area contributed by atoms with Crippen molar-refractivity contribution in [3.8, 4) is 23.3 Å². The van der Waals surface area contributed by atoms with Crippen LogP contribution in [0.3, 0.4) is 0 Å². The Morgan fingerprint density at radius 1 is 1.26 bits per heavy atom. The van der Waals surface area contributed by atoms with Crippen molar-refractivity contribution in [1.82, 2.24) is 9.97 Å². The predicted octanol–water partition coefficient (Wildman–Crippen LogP) is 1.70. The molecule has 1 aliphatic heterocycles. The summed E-state index contributed by atoms with van der Waals surface area (Å²) < 4.78 is 15.7. The number of carboxylic acids is 1. The standard InChI is InChI=1S/C12H8N2O5/c15-11(16)8-3-4-13-12(14-8)19-7-1-2-9-10(5-7)18-6-17-9/h1-5H,6H2,(H,15,16). The van der Waals surface area contributed by atoms with E-state index in [9.17, 15) is 4.79 Å². The molecule has 2 heterocycles. The average molecular weight is 260 g/mol. The van der Waals surface area contributed by atoms with E-state index >= 15 is 0 Å². The number of fused-ring (bicyclic) bond motifs is 1. The van der Waals surface area contributed by atoms with Gasteiger partial charge in [0, 0.05) is 12.3 Å². The van der Waals surface area contributed by atoms with Crippen molar-refractivity contribution >= 4 is 5.97 Å². The SMILES string of the molecule is O=C(O)c1ccnc(Oc2ccc3c(c2)OCO3)n1.